The molecule has 2 aromatic rings. The second-order valence-electron chi connectivity index (χ2n) is 8.05. The molecule has 1 aliphatic carbocycles. The monoisotopic (exact) mass is 454 g/mol. The number of nitrogens with one attached hydrogen (secondary N) is 1. The molecule has 6 heteroatoms. The Hall–Kier alpha value is -2.79. The summed E-state index contributed by atoms with van der Waals surface area (Å²) < 4.78 is 5.65. The number of ether oxygens (including phenoxy) is 1. The lowest BCUT2D eigenvalue weighted by atomic mass is 9.97. The van der Waals surface area contributed by atoms with Crippen molar-refractivity contribution in [2.45, 2.75) is 51.6 Å². The third-order valence-corrected chi connectivity index (χ3v) is 5.99. The number of hydrogen-bond acceptors (Lipinski definition) is 3. The fourth-order valence-corrected chi connectivity index (χ4v) is 3.96. The fourth-order valence-electron chi connectivity index (χ4n) is 3.77. The average Bonchev–Trinajstić information content (AvgIpc) is 2.82. The molecule has 32 heavy (non-hydrogen) atoms. The van der Waals surface area contributed by atoms with E-state index in [1.165, 1.54) is 18.4 Å². The van der Waals surface area contributed by atoms with Crippen LogP contribution in [0.25, 0.3) is 0 Å². The third kappa shape index (κ3) is 7.13. The van der Waals surface area contributed by atoms with Gasteiger partial charge in [-0.1, -0.05) is 65.7 Å². The first-order valence-electron chi connectivity index (χ1n) is 11.2. The number of amides is 2. The van der Waals surface area contributed by atoms with E-state index >= 15 is 0 Å². The van der Waals surface area contributed by atoms with Crippen LogP contribution in [0.3, 0.4) is 0 Å². The SMILES string of the molecule is C[C@H](C(=O)NCCC1=CCCCC1)N(Cc1ccccc1)C(=O)COc1ccccc1Cl. The zero-order valence-electron chi connectivity index (χ0n) is 18.6. The molecule has 0 aromatic heterocycles. The number of carbonyl (C=O) groups is 2. The van der Waals surface area contributed by atoms with Crippen LogP contribution in [-0.2, 0) is 16.1 Å². The van der Waals surface area contributed by atoms with E-state index in [0.29, 0.717) is 23.9 Å². The number of nitrogens with zero attached hydrogens (tertiary/aromatic N) is 1. The molecular weight excluding hydrogens is 424 g/mol. The summed E-state index contributed by atoms with van der Waals surface area (Å²) >= 11 is 6.13. The maximum absolute atomic E-state index is 13.1. The van der Waals surface area contributed by atoms with Gasteiger partial charge in [0, 0.05) is 13.1 Å². The quantitative estimate of drug-likeness (QED) is 0.505. The van der Waals surface area contributed by atoms with Gasteiger partial charge in [0.1, 0.15) is 11.8 Å². The van der Waals surface area contributed by atoms with Crippen LogP contribution in [-0.4, -0.2) is 35.9 Å². The summed E-state index contributed by atoms with van der Waals surface area (Å²) in [6, 6.07) is 16.0. The summed E-state index contributed by atoms with van der Waals surface area (Å²) in [5.41, 5.74) is 2.36. The van der Waals surface area contributed by atoms with Crippen LogP contribution < -0.4 is 10.1 Å². The summed E-state index contributed by atoms with van der Waals surface area (Å²) in [7, 11) is 0. The summed E-state index contributed by atoms with van der Waals surface area (Å²) in [6.07, 6.45) is 7.87. The Bertz CT molecular complexity index is 930. The van der Waals surface area contributed by atoms with E-state index in [1.54, 1.807) is 36.1 Å². The second-order valence-corrected chi connectivity index (χ2v) is 8.46. The van der Waals surface area contributed by atoms with Crippen molar-refractivity contribution in [3.63, 3.8) is 0 Å². The van der Waals surface area contributed by atoms with Crippen molar-refractivity contribution >= 4 is 23.4 Å². The normalized spacial score (nSPS) is 14.2. The molecular formula is C26H31ClN2O3. The fraction of sp³-hybridized carbons (Fsp3) is 0.385. The number of halogens is 1. The Morgan fingerprint density at radius 2 is 1.84 bits per heavy atom. The zero-order chi connectivity index (χ0) is 22.8. The lowest BCUT2D eigenvalue weighted by Crippen LogP contribution is -2.49. The molecule has 1 N–H and O–H groups in total. The number of benzene rings is 2. The van der Waals surface area contributed by atoms with Gasteiger partial charge in [-0.25, -0.2) is 0 Å². The molecule has 2 aromatic carbocycles. The van der Waals surface area contributed by atoms with Crippen LogP contribution in [0.4, 0.5) is 0 Å². The highest BCUT2D eigenvalue weighted by Crippen LogP contribution is 2.23. The lowest BCUT2D eigenvalue weighted by Gasteiger charge is -2.29. The summed E-state index contributed by atoms with van der Waals surface area (Å²) in [4.78, 5) is 27.5. The molecule has 0 heterocycles. The van der Waals surface area contributed by atoms with Crippen LogP contribution in [0.1, 0.15) is 44.6 Å². The summed E-state index contributed by atoms with van der Waals surface area (Å²) in [5.74, 6) is 0.00915. The van der Waals surface area contributed by atoms with E-state index in [2.05, 4.69) is 11.4 Å². The molecule has 1 aliphatic rings. The Kier molecular flexibility index (Phi) is 9.17. The Labute approximate surface area is 195 Å². The molecule has 0 spiro atoms. The molecule has 170 valence electrons. The number of allylic oxidation sites excluding steroid dienone is 1. The van der Waals surface area contributed by atoms with Crippen LogP contribution in [0, 0.1) is 0 Å². The van der Waals surface area contributed by atoms with Gasteiger partial charge in [-0.2, -0.15) is 0 Å². The third-order valence-electron chi connectivity index (χ3n) is 5.68. The molecule has 0 fully saturated rings. The number of para-hydroxylation sites is 1. The van der Waals surface area contributed by atoms with Crippen molar-refractivity contribution in [2.24, 2.45) is 0 Å². The van der Waals surface area contributed by atoms with Gasteiger partial charge in [-0.05, 0) is 56.7 Å². The summed E-state index contributed by atoms with van der Waals surface area (Å²) in [5, 5.41) is 3.44. The number of carbonyl (C=O) groups excluding carboxylic acids is 2. The van der Waals surface area contributed by atoms with E-state index < -0.39 is 6.04 Å². The van der Waals surface area contributed by atoms with Gasteiger partial charge in [0.2, 0.25) is 5.91 Å². The highest BCUT2D eigenvalue weighted by Gasteiger charge is 2.26. The van der Waals surface area contributed by atoms with Crippen LogP contribution in [0.15, 0.2) is 66.2 Å². The average molecular weight is 455 g/mol. The minimum absolute atomic E-state index is 0.163. The molecule has 0 saturated heterocycles. The molecule has 0 saturated carbocycles. The van der Waals surface area contributed by atoms with Crippen LogP contribution in [0.2, 0.25) is 5.02 Å². The Morgan fingerprint density at radius 3 is 2.56 bits per heavy atom. The van der Waals surface area contributed by atoms with Gasteiger partial charge in [-0.3, -0.25) is 9.59 Å². The van der Waals surface area contributed by atoms with Crippen molar-refractivity contribution in [1.82, 2.24) is 10.2 Å². The van der Waals surface area contributed by atoms with Crippen LogP contribution >= 0.6 is 11.6 Å². The number of hydrogen-bond donors (Lipinski definition) is 1. The van der Waals surface area contributed by atoms with Crippen molar-refractivity contribution in [1.29, 1.82) is 0 Å². The minimum atomic E-state index is -0.627. The first-order chi connectivity index (χ1) is 15.5. The maximum atomic E-state index is 13.1. The van der Waals surface area contributed by atoms with Crippen molar-refractivity contribution in [3.8, 4) is 5.75 Å². The Morgan fingerprint density at radius 1 is 1.09 bits per heavy atom. The molecule has 0 radical (unpaired) electrons. The highest BCUT2D eigenvalue weighted by molar-refractivity contribution is 6.32. The van der Waals surface area contributed by atoms with Gasteiger partial charge < -0.3 is 15.0 Å². The summed E-state index contributed by atoms with van der Waals surface area (Å²) in [6.45, 7) is 2.47. The smallest absolute Gasteiger partial charge is 0.261 e. The van der Waals surface area contributed by atoms with E-state index in [-0.39, 0.29) is 18.4 Å². The van der Waals surface area contributed by atoms with Gasteiger partial charge in [0.15, 0.2) is 6.61 Å². The molecule has 0 bridgehead atoms. The maximum Gasteiger partial charge on any atom is 0.261 e. The van der Waals surface area contributed by atoms with Crippen molar-refractivity contribution in [2.75, 3.05) is 13.2 Å². The molecule has 2 amide bonds. The minimum Gasteiger partial charge on any atom is -0.482 e. The highest BCUT2D eigenvalue weighted by atomic mass is 35.5. The van der Waals surface area contributed by atoms with E-state index in [1.807, 2.05) is 30.3 Å². The molecule has 5 nitrogen and oxygen atoms in total. The number of rotatable bonds is 10. The van der Waals surface area contributed by atoms with E-state index in [4.69, 9.17) is 16.3 Å². The van der Waals surface area contributed by atoms with E-state index in [9.17, 15) is 9.59 Å². The largest absolute Gasteiger partial charge is 0.482 e. The zero-order valence-corrected chi connectivity index (χ0v) is 19.3. The first kappa shape index (κ1) is 23.9. The lowest BCUT2D eigenvalue weighted by molar-refractivity contribution is -0.142. The van der Waals surface area contributed by atoms with Gasteiger partial charge in [0.05, 0.1) is 5.02 Å². The predicted molar refractivity (Wildman–Crippen MR) is 128 cm³/mol. The van der Waals surface area contributed by atoms with Crippen LogP contribution in [0.5, 0.6) is 5.75 Å². The second kappa shape index (κ2) is 12.3. The van der Waals surface area contributed by atoms with Crippen molar-refractivity contribution in [3.05, 3.63) is 76.8 Å². The molecule has 0 unspecified atom stereocenters. The van der Waals surface area contributed by atoms with Gasteiger partial charge in [0.25, 0.3) is 5.91 Å². The van der Waals surface area contributed by atoms with Gasteiger partial charge >= 0.3 is 0 Å². The van der Waals surface area contributed by atoms with E-state index in [0.717, 1.165) is 24.8 Å². The topological polar surface area (TPSA) is 58.6 Å². The van der Waals surface area contributed by atoms with Crippen molar-refractivity contribution < 1.29 is 14.3 Å². The van der Waals surface area contributed by atoms with Gasteiger partial charge in [-0.15, -0.1) is 0 Å². The first-order valence-corrected chi connectivity index (χ1v) is 11.6. The molecule has 1 atom stereocenters. The Balaban J connectivity index is 1.62. The molecule has 3 rings (SSSR count). The standard InChI is InChI=1S/C26H31ClN2O3/c1-20(26(31)28-17-16-21-10-4-2-5-11-21)29(18-22-12-6-3-7-13-22)25(30)19-32-24-15-9-8-14-23(24)27/h3,6-10,12-15,20H,2,4-5,11,16-19H2,1H3,(H,28,31)/t20-/m1/s1. The predicted octanol–water partition coefficient (Wildman–Crippen LogP) is 5.14. The molecule has 0 aliphatic heterocycles.